The fraction of sp³-hybridized carbons (Fsp3) is 0.467. The van der Waals surface area contributed by atoms with Crippen molar-refractivity contribution in [2.45, 2.75) is 59.8 Å². The molecule has 0 aromatic carbocycles. The molecule has 0 spiro atoms. The van der Waals surface area contributed by atoms with E-state index in [1.54, 1.807) is 16.7 Å². The highest BCUT2D eigenvalue weighted by molar-refractivity contribution is 5.94. The van der Waals surface area contributed by atoms with Crippen LogP contribution < -0.4 is 46.9 Å². The highest BCUT2D eigenvalue weighted by Gasteiger charge is 2.26. The standard InChI is InChI=1S/C45H60N8O12/c1-8-65-53-36(20-14-24-40(53)57)44(61)47(29-15-26-46-41(58)33-17-11-21-37(54)50(33)62-5)27-9-10-28-48(42(59)34-18-12-22-38(55)51(34)63-6)30-16-31-49(32-25-45(2,3)4)43(60)35-19-13-23-39(56)52(35)64-7/h11-14,17-24H,8-10,15-16,25-32H2,1-7H3,(H,46,58). The second-order valence-corrected chi connectivity index (χ2v) is 16.0. The maximum absolute atomic E-state index is 14.2. The lowest BCUT2D eigenvalue weighted by Gasteiger charge is -2.29. The van der Waals surface area contributed by atoms with Crippen LogP contribution in [0.25, 0.3) is 0 Å². The molecule has 0 aliphatic carbocycles. The Hall–Kier alpha value is -7.12. The second-order valence-electron chi connectivity index (χ2n) is 16.0. The zero-order valence-corrected chi connectivity index (χ0v) is 38.2. The van der Waals surface area contributed by atoms with E-state index < -0.39 is 45.9 Å². The number of aromatic nitrogens is 4. The number of hydrogen-bond acceptors (Lipinski definition) is 12. The summed E-state index contributed by atoms with van der Waals surface area (Å²) in [6.45, 7) is 9.29. The Kier molecular flexibility index (Phi) is 18.7. The summed E-state index contributed by atoms with van der Waals surface area (Å²) in [6.07, 6.45) is 2.00. The minimum atomic E-state index is -0.560. The van der Waals surface area contributed by atoms with Gasteiger partial charge in [0.1, 0.15) is 50.7 Å². The van der Waals surface area contributed by atoms with E-state index in [-0.39, 0.29) is 80.5 Å². The molecule has 65 heavy (non-hydrogen) atoms. The van der Waals surface area contributed by atoms with E-state index in [9.17, 15) is 38.4 Å². The highest BCUT2D eigenvalue weighted by Crippen LogP contribution is 2.20. The van der Waals surface area contributed by atoms with Crippen LogP contribution in [-0.4, -0.2) is 131 Å². The van der Waals surface area contributed by atoms with Crippen LogP contribution in [-0.2, 0) is 0 Å². The monoisotopic (exact) mass is 904 g/mol. The summed E-state index contributed by atoms with van der Waals surface area (Å²) in [7, 11) is 3.85. The highest BCUT2D eigenvalue weighted by atomic mass is 16.7. The molecule has 352 valence electrons. The summed E-state index contributed by atoms with van der Waals surface area (Å²) in [6, 6.07) is 16.8. The van der Waals surface area contributed by atoms with Gasteiger partial charge in [-0.2, -0.15) is 0 Å². The lowest BCUT2D eigenvalue weighted by molar-refractivity contribution is 0.0611. The number of pyridine rings is 4. The van der Waals surface area contributed by atoms with Gasteiger partial charge >= 0.3 is 0 Å². The van der Waals surface area contributed by atoms with E-state index in [0.29, 0.717) is 32.2 Å². The third-order valence-electron chi connectivity index (χ3n) is 10.2. The SMILES string of the molecule is CCOn1c(C(=O)N(CCCCN(CCCN(CCC(C)(C)C)C(=O)c2cccc(=O)n2OC)C(=O)c2cccc(=O)n2OC)CCCNC(=O)c2cccc(=O)n2OC)cccc1=O. The van der Waals surface area contributed by atoms with Gasteiger partial charge in [0.2, 0.25) is 0 Å². The second kappa shape index (κ2) is 24.1. The number of unbranched alkanes of at least 4 members (excludes halogenated alkanes) is 1. The van der Waals surface area contributed by atoms with Crippen LogP contribution in [0.1, 0.15) is 102 Å². The quantitative estimate of drug-likeness (QED) is 0.0980. The van der Waals surface area contributed by atoms with Crippen molar-refractivity contribution in [3.8, 4) is 0 Å². The predicted octanol–water partition coefficient (Wildman–Crippen LogP) is 1.11. The molecule has 4 rings (SSSR count). The molecule has 0 aliphatic rings. The Balaban J connectivity index is 1.54. The summed E-state index contributed by atoms with van der Waals surface area (Å²) in [5.74, 6) is -1.98. The lowest BCUT2D eigenvalue weighted by atomic mass is 9.92. The van der Waals surface area contributed by atoms with Gasteiger partial charge in [-0.25, -0.2) is 0 Å². The van der Waals surface area contributed by atoms with Crippen LogP contribution in [0.4, 0.5) is 0 Å². The third-order valence-corrected chi connectivity index (χ3v) is 10.2. The van der Waals surface area contributed by atoms with Gasteiger partial charge < -0.3 is 39.4 Å². The van der Waals surface area contributed by atoms with E-state index in [2.05, 4.69) is 26.1 Å². The van der Waals surface area contributed by atoms with Crippen molar-refractivity contribution in [3.05, 3.63) is 137 Å². The van der Waals surface area contributed by atoms with Gasteiger partial charge in [0, 0.05) is 70.1 Å². The van der Waals surface area contributed by atoms with Gasteiger partial charge in [0.05, 0.1) is 0 Å². The molecular weight excluding hydrogens is 845 g/mol. The van der Waals surface area contributed by atoms with Crippen LogP contribution in [0, 0.1) is 5.41 Å². The van der Waals surface area contributed by atoms with Gasteiger partial charge in [-0.1, -0.05) is 45.0 Å². The van der Waals surface area contributed by atoms with E-state index in [4.69, 9.17) is 19.4 Å². The summed E-state index contributed by atoms with van der Waals surface area (Å²) in [4.78, 5) is 131. The first-order valence-corrected chi connectivity index (χ1v) is 21.4. The first-order chi connectivity index (χ1) is 31.1. The van der Waals surface area contributed by atoms with Crippen molar-refractivity contribution in [2.75, 3.05) is 73.7 Å². The van der Waals surface area contributed by atoms with Crippen molar-refractivity contribution < 1.29 is 38.5 Å². The van der Waals surface area contributed by atoms with Crippen molar-refractivity contribution in [2.24, 2.45) is 5.41 Å². The molecular formula is C45H60N8O12. The molecule has 0 aliphatic heterocycles. The molecule has 0 saturated carbocycles. The van der Waals surface area contributed by atoms with Crippen LogP contribution in [0.2, 0.25) is 0 Å². The molecule has 4 heterocycles. The predicted molar refractivity (Wildman–Crippen MR) is 240 cm³/mol. The molecule has 0 atom stereocenters. The number of nitrogens with one attached hydrogen (secondary N) is 1. The minimum Gasteiger partial charge on any atom is -0.413 e. The third kappa shape index (κ3) is 13.7. The molecule has 4 aromatic rings. The molecule has 0 bridgehead atoms. The van der Waals surface area contributed by atoms with Gasteiger partial charge in [-0.15, -0.1) is 18.9 Å². The number of nitrogens with zero attached hydrogens (tertiary/aromatic N) is 7. The molecule has 0 radical (unpaired) electrons. The molecule has 0 fully saturated rings. The summed E-state index contributed by atoms with van der Waals surface area (Å²) < 4.78 is 3.64. The molecule has 20 nitrogen and oxygen atoms in total. The number of carbonyl (C=O) groups is 4. The van der Waals surface area contributed by atoms with Crippen molar-refractivity contribution in [1.29, 1.82) is 0 Å². The lowest BCUT2D eigenvalue weighted by Crippen LogP contribution is -2.42. The smallest absolute Gasteiger partial charge is 0.283 e. The largest absolute Gasteiger partial charge is 0.413 e. The zero-order chi connectivity index (χ0) is 47.7. The van der Waals surface area contributed by atoms with Crippen LogP contribution in [0.15, 0.2) is 92.0 Å². The van der Waals surface area contributed by atoms with E-state index in [0.717, 1.165) is 18.9 Å². The Morgan fingerprint density at radius 3 is 1.28 bits per heavy atom. The van der Waals surface area contributed by atoms with Crippen LogP contribution in [0.5, 0.6) is 0 Å². The number of rotatable bonds is 24. The minimum absolute atomic E-state index is 0.00115. The van der Waals surface area contributed by atoms with Crippen LogP contribution in [0.3, 0.4) is 0 Å². The van der Waals surface area contributed by atoms with E-state index in [1.165, 1.54) is 99.0 Å². The summed E-state index contributed by atoms with van der Waals surface area (Å²) in [5.41, 5.74) is -2.18. The van der Waals surface area contributed by atoms with Crippen LogP contribution >= 0.6 is 0 Å². The zero-order valence-electron chi connectivity index (χ0n) is 38.2. The fourth-order valence-corrected chi connectivity index (χ4v) is 6.89. The average Bonchev–Trinajstić information content (AvgIpc) is 3.28. The van der Waals surface area contributed by atoms with Crippen molar-refractivity contribution in [3.63, 3.8) is 0 Å². The number of carbonyl (C=O) groups excluding carboxylic acids is 4. The first kappa shape index (κ1) is 50.5. The Morgan fingerprint density at radius 2 is 0.862 bits per heavy atom. The topological polar surface area (TPSA) is 215 Å². The molecule has 1 N–H and O–H groups in total. The van der Waals surface area contributed by atoms with Crippen molar-refractivity contribution >= 4 is 23.6 Å². The van der Waals surface area contributed by atoms with Gasteiger partial charge in [-0.3, -0.25) is 38.4 Å². The molecule has 0 unspecified atom stereocenters. The van der Waals surface area contributed by atoms with Gasteiger partial charge in [-0.05, 0) is 68.7 Å². The van der Waals surface area contributed by atoms with Crippen molar-refractivity contribution in [1.82, 2.24) is 38.9 Å². The Morgan fingerprint density at radius 1 is 0.508 bits per heavy atom. The number of hydrogen-bond donors (Lipinski definition) is 1. The molecule has 20 heteroatoms. The average molecular weight is 905 g/mol. The maximum atomic E-state index is 14.2. The van der Waals surface area contributed by atoms with Gasteiger partial charge in [0.25, 0.3) is 45.9 Å². The van der Waals surface area contributed by atoms with E-state index in [1.807, 2.05) is 0 Å². The van der Waals surface area contributed by atoms with Gasteiger partial charge in [0.15, 0.2) is 0 Å². The first-order valence-electron chi connectivity index (χ1n) is 21.4. The summed E-state index contributed by atoms with van der Waals surface area (Å²) >= 11 is 0. The normalized spacial score (nSPS) is 11.1. The molecule has 4 amide bonds. The fourth-order valence-electron chi connectivity index (χ4n) is 6.89. The molecule has 4 aromatic heterocycles. The Labute approximate surface area is 376 Å². The molecule has 0 saturated heterocycles. The Bertz CT molecular complexity index is 2500. The van der Waals surface area contributed by atoms with E-state index >= 15 is 0 Å². The summed E-state index contributed by atoms with van der Waals surface area (Å²) in [5, 5.41) is 2.75. The maximum Gasteiger partial charge on any atom is 0.283 e. The number of amides is 4.